The molecule has 21 heavy (non-hydrogen) atoms. The molecule has 0 aliphatic carbocycles. The van der Waals surface area contributed by atoms with Crippen LogP contribution in [0.3, 0.4) is 0 Å². The molecule has 114 valence electrons. The molecule has 1 saturated heterocycles. The van der Waals surface area contributed by atoms with E-state index in [4.69, 9.17) is 9.47 Å². The molecule has 1 fully saturated rings. The van der Waals surface area contributed by atoms with E-state index in [0.29, 0.717) is 6.61 Å². The highest BCUT2D eigenvalue weighted by Crippen LogP contribution is 2.08. The van der Waals surface area contributed by atoms with Crippen LogP contribution in [0.2, 0.25) is 0 Å². The fraction of sp³-hybridized carbons (Fsp3) is 0.562. The molecule has 2 aliphatic heterocycles. The van der Waals surface area contributed by atoms with Crippen LogP contribution in [0.15, 0.2) is 29.3 Å². The van der Waals surface area contributed by atoms with Crippen LogP contribution in [0.5, 0.6) is 0 Å². The Kier molecular flexibility index (Phi) is 5.21. The Bertz CT molecular complexity index is 467. The highest BCUT2D eigenvalue weighted by atomic mass is 16.5. The van der Waals surface area contributed by atoms with Crippen molar-refractivity contribution in [2.45, 2.75) is 6.61 Å². The summed E-state index contributed by atoms with van der Waals surface area (Å²) in [5.74, 6) is 1.01. The summed E-state index contributed by atoms with van der Waals surface area (Å²) in [6.07, 6.45) is 0. The molecule has 0 atom stereocenters. The van der Waals surface area contributed by atoms with E-state index in [1.165, 1.54) is 5.56 Å². The monoisotopic (exact) mass is 289 g/mol. The van der Waals surface area contributed by atoms with E-state index < -0.39 is 0 Å². The number of hydrogen-bond donors (Lipinski definition) is 1. The van der Waals surface area contributed by atoms with Crippen LogP contribution < -0.4 is 5.32 Å². The van der Waals surface area contributed by atoms with Gasteiger partial charge in [-0.3, -0.25) is 9.89 Å². The van der Waals surface area contributed by atoms with E-state index in [-0.39, 0.29) is 0 Å². The number of rotatable bonds is 6. The maximum absolute atomic E-state index is 5.76. The van der Waals surface area contributed by atoms with Crippen LogP contribution in [0, 0.1) is 0 Å². The molecule has 3 rings (SSSR count). The molecule has 0 aromatic heterocycles. The molecule has 0 spiro atoms. The van der Waals surface area contributed by atoms with Crippen LogP contribution in [0.25, 0.3) is 0 Å². The lowest BCUT2D eigenvalue weighted by molar-refractivity contribution is 0.0180. The standard InChI is InChI=1S/C16H23N3O2/c1-3-15(16-17-5-6-18-16)4-2-14(1)13-21-12-9-19-7-10-20-11-8-19/h1-4H,5-13H2,(H,17,18). The van der Waals surface area contributed by atoms with E-state index in [0.717, 1.165) is 63.9 Å². The average Bonchev–Trinajstić information content (AvgIpc) is 3.08. The number of ether oxygens (including phenoxy) is 2. The summed E-state index contributed by atoms with van der Waals surface area (Å²) >= 11 is 0. The van der Waals surface area contributed by atoms with Crippen LogP contribution in [0.4, 0.5) is 0 Å². The van der Waals surface area contributed by atoms with Crippen molar-refractivity contribution in [1.29, 1.82) is 0 Å². The molecule has 5 nitrogen and oxygen atoms in total. The Morgan fingerprint density at radius 3 is 2.71 bits per heavy atom. The van der Waals surface area contributed by atoms with Crippen LogP contribution in [-0.4, -0.2) is 63.3 Å². The predicted molar refractivity (Wildman–Crippen MR) is 82.8 cm³/mol. The first-order valence-electron chi connectivity index (χ1n) is 7.67. The average molecular weight is 289 g/mol. The summed E-state index contributed by atoms with van der Waals surface area (Å²) in [7, 11) is 0. The summed E-state index contributed by atoms with van der Waals surface area (Å²) in [5, 5.41) is 3.28. The second-order valence-electron chi connectivity index (χ2n) is 5.36. The second kappa shape index (κ2) is 7.54. The van der Waals surface area contributed by atoms with E-state index >= 15 is 0 Å². The molecule has 1 aromatic rings. The lowest BCUT2D eigenvalue weighted by Gasteiger charge is -2.26. The molecule has 2 aliphatic rings. The first-order chi connectivity index (χ1) is 10.4. The van der Waals surface area contributed by atoms with Gasteiger partial charge in [0.25, 0.3) is 0 Å². The molecule has 0 unspecified atom stereocenters. The van der Waals surface area contributed by atoms with Gasteiger partial charge in [-0.2, -0.15) is 0 Å². The van der Waals surface area contributed by atoms with E-state index in [1.54, 1.807) is 0 Å². The number of benzene rings is 1. The summed E-state index contributed by atoms with van der Waals surface area (Å²) in [5.41, 5.74) is 2.36. The van der Waals surface area contributed by atoms with Crippen molar-refractivity contribution < 1.29 is 9.47 Å². The van der Waals surface area contributed by atoms with Gasteiger partial charge in [0.05, 0.1) is 33.0 Å². The minimum atomic E-state index is 0.671. The van der Waals surface area contributed by atoms with E-state index in [9.17, 15) is 0 Å². The largest absolute Gasteiger partial charge is 0.379 e. The Morgan fingerprint density at radius 1 is 1.19 bits per heavy atom. The summed E-state index contributed by atoms with van der Waals surface area (Å²) in [4.78, 5) is 6.81. The fourth-order valence-electron chi connectivity index (χ4n) is 2.56. The van der Waals surface area contributed by atoms with E-state index in [2.05, 4.69) is 39.5 Å². The highest BCUT2D eigenvalue weighted by molar-refractivity contribution is 5.99. The highest BCUT2D eigenvalue weighted by Gasteiger charge is 2.10. The van der Waals surface area contributed by atoms with Crippen LogP contribution in [-0.2, 0) is 16.1 Å². The van der Waals surface area contributed by atoms with Crippen molar-refractivity contribution in [2.24, 2.45) is 4.99 Å². The van der Waals surface area contributed by atoms with Gasteiger partial charge >= 0.3 is 0 Å². The Hall–Kier alpha value is -1.43. The molecule has 1 aromatic carbocycles. The van der Waals surface area contributed by atoms with Crippen molar-refractivity contribution in [2.75, 3.05) is 52.5 Å². The smallest absolute Gasteiger partial charge is 0.128 e. The lowest BCUT2D eigenvalue weighted by Crippen LogP contribution is -2.38. The molecule has 1 N–H and O–H groups in total. The van der Waals surface area contributed by atoms with Gasteiger partial charge in [-0.15, -0.1) is 0 Å². The van der Waals surface area contributed by atoms with Crippen LogP contribution >= 0.6 is 0 Å². The maximum atomic E-state index is 5.76. The van der Waals surface area contributed by atoms with Crippen molar-refractivity contribution in [1.82, 2.24) is 10.2 Å². The number of nitrogens with zero attached hydrogens (tertiary/aromatic N) is 2. The van der Waals surface area contributed by atoms with Crippen LogP contribution in [0.1, 0.15) is 11.1 Å². The molecule has 0 saturated carbocycles. The second-order valence-corrected chi connectivity index (χ2v) is 5.36. The summed E-state index contributed by atoms with van der Waals surface area (Å²) in [6, 6.07) is 8.45. The van der Waals surface area contributed by atoms with Gasteiger partial charge in [0, 0.05) is 31.7 Å². The number of aliphatic imine (C=N–C) groups is 1. The van der Waals surface area contributed by atoms with Gasteiger partial charge in [-0.05, 0) is 5.56 Å². The SMILES string of the molecule is c1cc(C2=NCCN2)ccc1COCCN1CCOCC1. The van der Waals surface area contributed by atoms with Crippen molar-refractivity contribution in [3.63, 3.8) is 0 Å². The Morgan fingerprint density at radius 2 is 2.00 bits per heavy atom. The molecule has 0 amide bonds. The molecule has 0 bridgehead atoms. The number of hydrogen-bond acceptors (Lipinski definition) is 5. The molecule has 5 heteroatoms. The van der Waals surface area contributed by atoms with Gasteiger partial charge < -0.3 is 14.8 Å². The van der Waals surface area contributed by atoms with Crippen molar-refractivity contribution in [3.05, 3.63) is 35.4 Å². The minimum absolute atomic E-state index is 0.671. The molecular weight excluding hydrogens is 266 g/mol. The molecule has 0 radical (unpaired) electrons. The van der Waals surface area contributed by atoms with Gasteiger partial charge in [0.2, 0.25) is 0 Å². The molecule has 2 heterocycles. The predicted octanol–water partition coefficient (Wildman–Crippen LogP) is 0.885. The van der Waals surface area contributed by atoms with Gasteiger partial charge in [0.1, 0.15) is 5.84 Å². The topological polar surface area (TPSA) is 46.1 Å². The van der Waals surface area contributed by atoms with Gasteiger partial charge in [-0.1, -0.05) is 24.3 Å². The first-order valence-corrected chi connectivity index (χ1v) is 7.67. The summed E-state index contributed by atoms with van der Waals surface area (Å²) < 4.78 is 11.1. The minimum Gasteiger partial charge on any atom is -0.379 e. The Labute approximate surface area is 126 Å². The number of morpholine rings is 1. The zero-order valence-electron chi connectivity index (χ0n) is 12.4. The maximum Gasteiger partial charge on any atom is 0.128 e. The van der Waals surface area contributed by atoms with Crippen molar-refractivity contribution in [3.8, 4) is 0 Å². The molecular formula is C16H23N3O2. The third-order valence-electron chi connectivity index (χ3n) is 3.83. The summed E-state index contributed by atoms with van der Waals surface area (Å²) in [6.45, 7) is 7.99. The fourth-order valence-corrected chi connectivity index (χ4v) is 2.56. The lowest BCUT2D eigenvalue weighted by atomic mass is 10.1. The van der Waals surface area contributed by atoms with E-state index in [1.807, 2.05) is 0 Å². The number of amidine groups is 1. The zero-order valence-corrected chi connectivity index (χ0v) is 12.4. The van der Waals surface area contributed by atoms with Crippen molar-refractivity contribution >= 4 is 5.84 Å². The normalized spacial score (nSPS) is 19.3. The Balaban J connectivity index is 1.39. The first kappa shape index (κ1) is 14.5. The quantitative estimate of drug-likeness (QED) is 0.790. The number of nitrogens with one attached hydrogen (secondary N) is 1. The zero-order chi connectivity index (χ0) is 14.3. The third kappa shape index (κ3) is 4.27. The van der Waals surface area contributed by atoms with Gasteiger partial charge in [-0.25, -0.2) is 0 Å². The third-order valence-corrected chi connectivity index (χ3v) is 3.83. The van der Waals surface area contributed by atoms with Gasteiger partial charge in [0.15, 0.2) is 0 Å².